The fourth-order valence-corrected chi connectivity index (χ4v) is 5.70. The molecule has 52 heavy (non-hydrogen) atoms. The molecular formula is C36H44N8O8. The normalized spacial score (nSPS) is 14.3. The van der Waals surface area contributed by atoms with E-state index in [1.54, 1.807) is 52.8 Å². The second-order valence-corrected chi connectivity index (χ2v) is 12.7. The zero-order valence-corrected chi connectivity index (χ0v) is 29.5. The first-order valence-electron chi connectivity index (χ1n) is 17.1. The van der Waals surface area contributed by atoms with Crippen LogP contribution in [0.2, 0.25) is 0 Å². The molecule has 0 bridgehead atoms. The Morgan fingerprint density at radius 2 is 1.02 bits per heavy atom. The van der Waals surface area contributed by atoms with Gasteiger partial charge in [-0.2, -0.15) is 5.21 Å². The Labute approximate surface area is 301 Å². The van der Waals surface area contributed by atoms with Gasteiger partial charge in [-0.3, -0.25) is 24.0 Å². The molecule has 0 unspecified atom stereocenters. The van der Waals surface area contributed by atoms with Crippen LogP contribution >= 0.6 is 0 Å². The van der Waals surface area contributed by atoms with Gasteiger partial charge in [0.25, 0.3) is 11.8 Å². The van der Waals surface area contributed by atoms with E-state index in [9.17, 15) is 33.6 Å². The Morgan fingerprint density at radius 3 is 1.38 bits per heavy atom. The summed E-state index contributed by atoms with van der Waals surface area (Å²) in [5.41, 5.74) is 3.24. The number of aromatic nitrogens is 4. The van der Waals surface area contributed by atoms with Gasteiger partial charge in [0.15, 0.2) is 5.82 Å². The SMILES string of the molecule is CC(=O)CCc1ccc(C(=O)N2CCN(C(=O)CC(=O)O)CC2)cc1.CC(=O)CCc1ccc(C(=O)N2CCN(C(=O)Cc3nn[nH]n3)CC2)cc1. The van der Waals surface area contributed by atoms with Crippen molar-refractivity contribution < 1.29 is 38.7 Å². The minimum Gasteiger partial charge on any atom is -0.481 e. The van der Waals surface area contributed by atoms with E-state index in [0.717, 1.165) is 11.1 Å². The number of hydrogen-bond donors (Lipinski definition) is 2. The summed E-state index contributed by atoms with van der Waals surface area (Å²) < 4.78 is 0. The lowest BCUT2D eigenvalue weighted by atomic mass is 10.1. The molecule has 2 aliphatic rings. The summed E-state index contributed by atoms with van der Waals surface area (Å²) in [6.07, 6.45) is 1.92. The fraction of sp³-hybridized carbons (Fsp3) is 0.444. The van der Waals surface area contributed by atoms with E-state index >= 15 is 0 Å². The number of hydrogen-bond acceptors (Lipinski definition) is 10. The molecule has 5 rings (SSSR count). The Morgan fingerprint density at radius 1 is 0.615 bits per heavy atom. The number of nitrogens with zero attached hydrogens (tertiary/aromatic N) is 7. The van der Waals surface area contributed by atoms with Crippen LogP contribution in [0.25, 0.3) is 0 Å². The Bertz CT molecular complexity index is 1710. The molecule has 0 radical (unpaired) electrons. The molecule has 16 heteroatoms. The predicted molar refractivity (Wildman–Crippen MR) is 186 cm³/mol. The first-order valence-corrected chi connectivity index (χ1v) is 17.1. The van der Waals surface area contributed by atoms with E-state index in [1.807, 2.05) is 24.3 Å². The minimum absolute atomic E-state index is 0.0432. The van der Waals surface area contributed by atoms with Gasteiger partial charge in [0.2, 0.25) is 11.8 Å². The molecule has 2 N–H and O–H groups in total. The average molecular weight is 717 g/mol. The van der Waals surface area contributed by atoms with Crippen molar-refractivity contribution in [1.29, 1.82) is 0 Å². The van der Waals surface area contributed by atoms with E-state index in [4.69, 9.17) is 5.11 Å². The quantitative estimate of drug-likeness (QED) is 0.255. The number of carbonyl (C=O) groups is 7. The summed E-state index contributed by atoms with van der Waals surface area (Å²) in [5, 5.41) is 22.0. The second-order valence-electron chi connectivity index (χ2n) is 12.7. The highest BCUT2D eigenvalue weighted by atomic mass is 16.4. The maximum absolute atomic E-state index is 12.6. The molecule has 2 saturated heterocycles. The van der Waals surface area contributed by atoms with Crippen LogP contribution in [0.5, 0.6) is 0 Å². The van der Waals surface area contributed by atoms with Crippen LogP contribution in [0.15, 0.2) is 48.5 Å². The van der Waals surface area contributed by atoms with Crippen molar-refractivity contribution in [3.8, 4) is 0 Å². The minimum atomic E-state index is -1.15. The average Bonchev–Trinajstić information content (AvgIpc) is 3.66. The number of aliphatic carboxylic acids is 1. The molecular weight excluding hydrogens is 672 g/mol. The van der Waals surface area contributed by atoms with Gasteiger partial charge in [-0.1, -0.05) is 29.5 Å². The molecule has 0 saturated carbocycles. The van der Waals surface area contributed by atoms with Crippen molar-refractivity contribution in [3.63, 3.8) is 0 Å². The second kappa shape index (κ2) is 19.0. The Kier molecular flexibility index (Phi) is 14.2. The summed E-state index contributed by atoms with van der Waals surface area (Å²) in [4.78, 5) is 88.4. The van der Waals surface area contributed by atoms with E-state index in [1.165, 1.54) is 4.90 Å². The number of carbonyl (C=O) groups excluding carboxylic acids is 6. The van der Waals surface area contributed by atoms with Crippen molar-refractivity contribution in [1.82, 2.24) is 40.2 Å². The number of H-pyrrole nitrogens is 1. The Balaban J connectivity index is 0.000000234. The van der Waals surface area contributed by atoms with Gasteiger partial charge in [-0.05, 0) is 62.1 Å². The lowest BCUT2D eigenvalue weighted by Gasteiger charge is -2.34. The van der Waals surface area contributed by atoms with Gasteiger partial charge in [-0.25, -0.2) is 0 Å². The van der Waals surface area contributed by atoms with Gasteiger partial charge < -0.3 is 34.3 Å². The Hall–Kier alpha value is -5.80. The first-order chi connectivity index (χ1) is 24.9. The predicted octanol–water partition coefficient (Wildman–Crippen LogP) is 1.22. The number of nitrogens with one attached hydrogen (secondary N) is 1. The van der Waals surface area contributed by atoms with Gasteiger partial charge in [0.1, 0.15) is 18.0 Å². The van der Waals surface area contributed by atoms with Crippen molar-refractivity contribution in [2.45, 2.75) is 52.4 Å². The van der Waals surface area contributed by atoms with Gasteiger partial charge in [0.05, 0.1) is 6.42 Å². The highest BCUT2D eigenvalue weighted by Crippen LogP contribution is 2.14. The van der Waals surface area contributed by atoms with Crippen molar-refractivity contribution in [2.75, 3.05) is 52.4 Å². The zero-order valence-electron chi connectivity index (χ0n) is 29.5. The van der Waals surface area contributed by atoms with Crippen molar-refractivity contribution in [2.24, 2.45) is 0 Å². The molecule has 3 aromatic rings. The van der Waals surface area contributed by atoms with Crippen LogP contribution < -0.4 is 0 Å². The van der Waals surface area contributed by atoms with Crippen LogP contribution in [0.4, 0.5) is 0 Å². The van der Waals surface area contributed by atoms with E-state index in [-0.39, 0.29) is 35.7 Å². The van der Waals surface area contributed by atoms with E-state index < -0.39 is 18.3 Å². The van der Waals surface area contributed by atoms with Gasteiger partial charge in [-0.15, -0.1) is 10.2 Å². The number of rotatable bonds is 12. The summed E-state index contributed by atoms with van der Waals surface area (Å²) in [6.45, 7) is 6.53. The molecule has 0 aliphatic carbocycles. The van der Waals surface area contributed by atoms with Gasteiger partial charge >= 0.3 is 5.97 Å². The highest BCUT2D eigenvalue weighted by molar-refractivity contribution is 5.96. The molecule has 276 valence electrons. The molecule has 2 fully saturated rings. The molecule has 4 amide bonds. The highest BCUT2D eigenvalue weighted by Gasteiger charge is 2.27. The third-order valence-electron chi connectivity index (χ3n) is 8.77. The first kappa shape index (κ1) is 39.0. The standard InChI is InChI=1S/C18H22N6O3.C18H22N2O5/c1-13(25)2-3-14-4-6-15(7-5-14)18(27)24-10-8-23(9-11-24)17(26)12-16-19-21-22-20-16;1-13(21)2-3-14-4-6-15(7-5-14)18(25)20-10-8-19(9-11-20)16(22)12-17(23)24/h4-7H,2-3,8-12H2,1H3,(H,19,20,21,22);4-7H,2-3,8-12H2,1H3,(H,23,24). The van der Waals surface area contributed by atoms with E-state index in [0.29, 0.717) is 95.0 Å². The summed E-state index contributed by atoms with van der Waals surface area (Å²) in [6, 6.07) is 14.6. The summed E-state index contributed by atoms with van der Waals surface area (Å²) in [7, 11) is 0. The lowest BCUT2D eigenvalue weighted by Crippen LogP contribution is -2.51. The molecule has 2 aliphatic heterocycles. The smallest absolute Gasteiger partial charge is 0.312 e. The van der Waals surface area contributed by atoms with Crippen molar-refractivity contribution in [3.05, 3.63) is 76.6 Å². The molecule has 3 heterocycles. The fourth-order valence-electron chi connectivity index (χ4n) is 5.70. The number of ketones is 2. The monoisotopic (exact) mass is 716 g/mol. The lowest BCUT2D eigenvalue weighted by molar-refractivity contribution is -0.145. The summed E-state index contributed by atoms with van der Waals surface area (Å²) in [5.74, 6) is -1.14. The molecule has 16 nitrogen and oxygen atoms in total. The number of piperazine rings is 2. The molecule has 1 aromatic heterocycles. The topological polar surface area (TPSA) is 207 Å². The third kappa shape index (κ3) is 11.9. The van der Waals surface area contributed by atoms with Crippen LogP contribution in [-0.4, -0.2) is 139 Å². The number of Topliss-reactive ketones (excluding diaryl/α,β-unsaturated/α-hetero) is 2. The number of benzene rings is 2. The summed E-state index contributed by atoms with van der Waals surface area (Å²) >= 11 is 0. The largest absolute Gasteiger partial charge is 0.481 e. The molecule has 0 spiro atoms. The molecule has 2 aromatic carbocycles. The molecule has 0 atom stereocenters. The van der Waals surface area contributed by atoms with Gasteiger partial charge in [0, 0.05) is 76.3 Å². The number of carboxylic acid groups (broad SMARTS) is 1. The van der Waals surface area contributed by atoms with Crippen LogP contribution in [0.3, 0.4) is 0 Å². The maximum atomic E-state index is 12.6. The van der Waals surface area contributed by atoms with Crippen LogP contribution in [0.1, 0.15) is 70.8 Å². The zero-order chi connectivity index (χ0) is 37.6. The number of tetrazole rings is 1. The van der Waals surface area contributed by atoms with Crippen LogP contribution in [-0.2, 0) is 43.2 Å². The third-order valence-corrected chi connectivity index (χ3v) is 8.77. The van der Waals surface area contributed by atoms with Crippen LogP contribution in [0, 0.1) is 0 Å². The number of aromatic amines is 1. The number of aryl methyl sites for hydroxylation is 2. The number of carboxylic acids is 1. The number of amides is 4. The van der Waals surface area contributed by atoms with Crippen molar-refractivity contribution >= 4 is 41.2 Å². The van der Waals surface area contributed by atoms with E-state index in [2.05, 4.69) is 20.6 Å². The maximum Gasteiger partial charge on any atom is 0.312 e.